The quantitative estimate of drug-likeness (QED) is 0.192. The summed E-state index contributed by atoms with van der Waals surface area (Å²) in [4.78, 5) is 71.9. The number of carbonyl (C=O) groups is 6. The number of methoxy groups -OCH3 is 1. The van der Waals surface area contributed by atoms with Gasteiger partial charge in [0.1, 0.15) is 5.70 Å². The molecule has 0 atom stereocenters. The number of carbonyl (C=O) groups excluding carboxylic acids is 6. The highest BCUT2D eigenvalue weighted by atomic mass is 79.9. The van der Waals surface area contributed by atoms with Gasteiger partial charge in [-0.1, -0.05) is 48.8 Å². The van der Waals surface area contributed by atoms with Gasteiger partial charge in [-0.15, -0.1) is 0 Å². The number of esters is 1. The standard InChI is InChI=1S/C23H22BrN5O7/c1-11(19(31)27-13(3)21(33)29-15(5)23(35)36-6)25-18(30)12(2)26-20(32)14(4)28-22(34)16-7-9-17(24)10-8-16/h7-10H,1-5H2,6H3,(H,25,30)(H,26,32)(H,27,31)(H,28,34)(H,29,33). The molecule has 0 bridgehead atoms. The zero-order valence-corrected chi connectivity index (χ0v) is 20.7. The van der Waals surface area contributed by atoms with Gasteiger partial charge in [0, 0.05) is 10.0 Å². The number of halogens is 1. The highest BCUT2D eigenvalue weighted by Crippen LogP contribution is 2.10. The Kier molecular flexibility index (Phi) is 10.7. The van der Waals surface area contributed by atoms with Crippen LogP contribution >= 0.6 is 15.9 Å². The van der Waals surface area contributed by atoms with E-state index in [1.165, 1.54) is 12.1 Å². The fourth-order valence-corrected chi connectivity index (χ4v) is 2.33. The molecule has 12 nitrogen and oxygen atoms in total. The zero-order valence-electron chi connectivity index (χ0n) is 19.1. The predicted octanol–water partition coefficient (Wildman–Crippen LogP) is 0.385. The molecule has 0 fully saturated rings. The molecule has 13 heteroatoms. The van der Waals surface area contributed by atoms with Crippen molar-refractivity contribution in [2.75, 3.05) is 7.11 Å². The lowest BCUT2D eigenvalue weighted by atomic mass is 10.2. The first-order valence-corrected chi connectivity index (χ1v) is 10.4. The van der Waals surface area contributed by atoms with Crippen molar-refractivity contribution in [3.8, 4) is 0 Å². The Morgan fingerprint density at radius 1 is 0.611 bits per heavy atom. The van der Waals surface area contributed by atoms with Crippen LogP contribution in [0, 0.1) is 0 Å². The molecule has 0 saturated carbocycles. The van der Waals surface area contributed by atoms with Crippen molar-refractivity contribution in [3.05, 3.63) is 95.7 Å². The number of nitrogens with one attached hydrogen (secondary N) is 5. The monoisotopic (exact) mass is 559 g/mol. The molecule has 0 spiro atoms. The third kappa shape index (κ3) is 8.87. The Morgan fingerprint density at radius 3 is 1.31 bits per heavy atom. The third-order valence-electron chi connectivity index (χ3n) is 3.96. The lowest BCUT2D eigenvalue weighted by Crippen LogP contribution is -2.41. The number of rotatable bonds is 11. The number of amides is 5. The van der Waals surface area contributed by atoms with Gasteiger partial charge in [0.25, 0.3) is 29.5 Å². The van der Waals surface area contributed by atoms with E-state index in [-0.39, 0.29) is 11.3 Å². The SMILES string of the molecule is C=C(NC(=O)C(=C)NC(=O)c1ccc(Br)cc1)C(=O)NC(=C)C(=O)NC(=C)C(=O)NC(=C)C(=O)OC. The minimum absolute atomic E-state index is 0.260. The fraction of sp³-hybridized carbons (Fsp3) is 0.0435. The molecule has 188 valence electrons. The van der Waals surface area contributed by atoms with Crippen molar-refractivity contribution in [2.45, 2.75) is 0 Å². The van der Waals surface area contributed by atoms with E-state index in [0.29, 0.717) is 0 Å². The van der Waals surface area contributed by atoms with Gasteiger partial charge < -0.3 is 31.3 Å². The van der Waals surface area contributed by atoms with Crippen LogP contribution in [0.4, 0.5) is 0 Å². The summed E-state index contributed by atoms with van der Waals surface area (Å²) in [6.45, 7) is 16.8. The third-order valence-corrected chi connectivity index (χ3v) is 4.49. The summed E-state index contributed by atoms with van der Waals surface area (Å²) in [6.07, 6.45) is 0. The average Bonchev–Trinajstić information content (AvgIpc) is 2.83. The molecule has 0 radical (unpaired) electrons. The fourth-order valence-electron chi connectivity index (χ4n) is 2.06. The molecule has 1 aromatic rings. The Bertz CT molecular complexity index is 1200. The van der Waals surface area contributed by atoms with Crippen LogP contribution < -0.4 is 26.6 Å². The lowest BCUT2D eigenvalue weighted by Gasteiger charge is -2.13. The van der Waals surface area contributed by atoms with E-state index in [0.717, 1.165) is 11.6 Å². The Labute approximate surface area is 214 Å². The summed E-state index contributed by atoms with van der Waals surface area (Å²) in [5, 5.41) is 10.6. The molecule has 5 amide bonds. The normalized spacial score (nSPS) is 9.50. The van der Waals surface area contributed by atoms with Crippen molar-refractivity contribution in [1.29, 1.82) is 0 Å². The maximum atomic E-state index is 12.2. The van der Waals surface area contributed by atoms with Crippen molar-refractivity contribution in [2.24, 2.45) is 0 Å². The molecule has 0 aliphatic carbocycles. The van der Waals surface area contributed by atoms with Crippen LogP contribution in [0.3, 0.4) is 0 Å². The van der Waals surface area contributed by atoms with Crippen LogP contribution in [0.25, 0.3) is 0 Å². The molecule has 0 aliphatic rings. The molecular formula is C23H22BrN5O7. The molecule has 1 aromatic carbocycles. The maximum absolute atomic E-state index is 12.2. The number of hydrogen-bond acceptors (Lipinski definition) is 7. The first-order chi connectivity index (χ1) is 16.8. The number of benzene rings is 1. The van der Waals surface area contributed by atoms with Crippen LogP contribution in [0.15, 0.2) is 90.1 Å². The number of hydrogen-bond donors (Lipinski definition) is 5. The predicted molar refractivity (Wildman–Crippen MR) is 132 cm³/mol. The largest absolute Gasteiger partial charge is 0.464 e. The van der Waals surface area contributed by atoms with Crippen LogP contribution in [-0.2, 0) is 28.7 Å². The molecular weight excluding hydrogens is 538 g/mol. The van der Waals surface area contributed by atoms with Gasteiger partial charge in [-0.25, -0.2) is 4.79 Å². The van der Waals surface area contributed by atoms with Gasteiger partial charge in [-0.05, 0) is 24.3 Å². The van der Waals surface area contributed by atoms with Crippen molar-refractivity contribution >= 4 is 51.4 Å². The van der Waals surface area contributed by atoms with Crippen molar-refractivity contribution in [3.63, 3.8) is 0 Å². The molecule has 0 heterocycles. The van der Waals surface area contributed by atoms with Crippen LogP contribution in [0.1, 0.15) is 10.4 Å². The Morgan fingerprint density at radius 2 is 0.944 bits per heavy atom. The van der Waals surface area contributed by atoms with Crippen LogP contribution in [0.2, 0.25) is 0 Å². The van der Waals surface area contributed by atoms with E-state index in [9.17, 15) is 28.8 Å². The van der Waals surface area contributed by atoms with Crippen molar-refractivity contribution < 1.29 is 33.5 Å². The summed E-state index contributed by atoms with van der Waals surface area (Å²) in [7, 11) is 1.08. The second kappa shape index (κ2) is 13.2. The van der Waals surface area contributed by atoms with Gasteiger partial charge in [0.15, 0.2) is 0 Å². The summed E-state index contributed by atoms with van der Waals surface area (Å²) in [6, 6.07) is 6.30. The van der Waals surface area contributed by atoms with E-state index < -0.39 is 58.3 Å². The highest BCUT2D eigenvalue weighted by Gasteiger charge is 2.20. The second-order valence-corrected chi connectivity index (χ2v) is 7.58. The van der Waals surface area contributed by atoms with E-state index in [4.69, 9.17) is 0 Å². The number of ether oxygens (including phenoxy) is 1. The van der Waals surface area contributed by atoms with Gasteiger partial charge in [0.2, 0.25) is 0 Å². The second-order valence-electron chi connectivity index (χ2n) is 6.66. The molecule has 1 rings (SSSR count). The van der Waals surface area contributed by atoms with Crippen LogP contribution in [0.5, 0.6) is 0 Å². The van der Waals surface area contributed by atoms with E-state index in [1.807, 2.05) is 0 Å². The highest BCUT2D eigenvalue weighted by molar-refractivity contribution is 9.10. The minimum atomic E-state index is -1.03. The van der Waals surface area contributed by atoms with Gasteiger partial charge in [-0.2, -0.15) is 0 Å². The molecule has 0 unspecified atom stereocenters. The lowest BCUT2D eigenvalue weighted by molar-refractivity contribution is -0.137. The Balaban J connectivity index is 2.57. The van der Waals surface area contributed by atoms with Gasteiger partial charge >= 0.3 is 5.97 Å². The molecule has 0 saturated heterocycles. The molecule has 36 heavy (non-hydrogen) atoms. The smallest absolute Gasteiger partial charge is 0.353 e. The summed E-state index contributed by atoms with van der Waals surface area (Å²) >= 11 is 3.24. The van der Waals surface area contributed by atoms with E-state index >= 15 is 0 Å². The molecule has 0 aromatic heterocycles. The summed E-state index contributed by atoms with van der Waals surface area (Å²) in [5.74, 6) is -5.48. The van der Waals surface area contributed by atoms with Gasteiger partial charge in [-0.3, -0.25) is 24.0 Å². The summed E-state index contributed by atoms with van der Waals surface area (Å²) < 4.78 is 5.12. The Hall–Kier alpha value is -4.78. The molecule has 0 aliphatic heterocycles. The molecule has 5 N–H and O–H groups in total. The van der Waals surface area contributed by atoms with E-state index in [1.54, 1.807) is 12.1 Å². The van der Waals surface area contributed by atoms with Gasteiger partial charge in [0.05, 0.1) is 29.9 Å². The maximum Gasteiger partial charge on any atom is 0.353 e. The average molecular weight is 560 g/mol. The zero-order chi connectivity index (χ0) is 27.6. The topological polar surface area (TPSA) is 172 Å². The van der Waals surface area contributed by atoms with Crippen molar-refractivity contribution in [1.82, 2.24) is 26.6 Å². The summed E-state index contributed by atoms with van der Waals surface area (Å²) in [5.41, 5.74) is -2.03. The first-order valence-electron chi connectivity index (χ1n) is 9.62. The minimum Gasteiger partial charge on any atom is -0.464 e. The first kappa shape index (κ1) is 29.3. The van der Waals surface area contributed by atoms with E-state index in [2.05, 4.69) is 80.1 Å². The van der Waals surface area contributed by atoms with Crippen LogP contribution in [-0.4, -0.2) is 42.6 Å².